The smallest absolute Gasteiger partial charge is 0.141 e. The van der Waals surface area contributed by atoms with Gasteiger partial charge in [0, 0.05) is 11.1 Å². The molecule has 0 saturated carbocycles. The van der Waals surface area contributed by atoms with Gasteiger partial charge >= 0.3 is 0 Å². The van der Waals surface area contributed by atoms with Crippen molar-refractivity contribution in [3.8, 4) is 0 Å². The Morgan fingerprint density at radius 2 is 1.50 bits per heavy atom. The molecule has 0 radical (unpaired) electrons. The summed E-state index contributed by atoms with van der Waals surface area (Å²) in [6.45, 7) is 8.28. The molecule has 1 aliphatic rings. The third kappa shape index (κ3) is 3.95. The number of hydrogen-bond acceptors (Lipinski definition) is 2. The highest BCUT2D eigenvalue weighted by Crippen LogP contribution is 2.44. The summed E-state index contributed by atoms with van der Waals surface area (Å²) in [5, 5.41) is 0. The molecular weight excluding hydrogens is 368 g/mol. The van der Waals surface area contributed by atoms with E-state index in [0.29, 0.717) is 0 Å². The zero-order valence-corrected chi connectivity index (χ0v) is 18.1. The molecule has 0 aromatic heterocycles. The summed E-state index contributed by atoms with van der Waals surface area (Å²) in [4.78, 5) is 12.8. The van der Waals surface area contributed by atoms with Gasteiger partial charge in [-0.2, -0.15) is 0 Å². The van der Waals surface area contributed by atoms with Crippen molar-refractivity contribution in [2.24, 2.45) is 0 Å². The van der Waals surface area contributed by atoms with Crippen molar-refractivity contribution in [3.05, 3.63) is 107 Å². The van der Waals surface area contributed by atoms with Crippen molar-refractivity contribution in [1.29, 1.82) is 0 Å². The zero-order valence-electron chi connectivity index (χ0n) is 18.1. The van der Waals surface area contributed by atoms with Crippen LogP contribution < -0.4 is 0 Å². The van der Waals surface area contributed by atoms with E-state index in [9.17, 15) is 4.79 Å². The molecule has 0 saturated heterocycles. The van der Waals surface area contributed by atoms with Gasteiger partial charge in [0.15, 0.2) is 0 Å². The number of Topliss-reactive ketones (excluding diaryl/α,β-unsaturated/α-hetero) is 1. The van der Waals surface area contributed by atoms with E-state index in [4.69, 9.17) is 4.74 Å². The van der Waals surface area contributed by atoms with Gasteiger partial charge in [-0.25, -0.2) is 0 Å². The van der Waals surface area contributed by atoms with Crippen LogP contribution in [-0.4, -0.2) is 5.78 Å². The van der Waals surface area contributed by atoms with Gasteiger partial charge in [0.1, 0.15) is 17.6 Å². The van der Waals surface area contributed by atoms with Crippen LogP contribution in [-0.2, 0) is 14.9 Å². The number of carbonyl (C=O) groups excluding carboxylic acids is 1. The van der Waals surface area contributed by atoms with E-state index in [0.717, 1.165) is 28.0 Å². The highest BCUT2D eigenvalue weighted by molar-refractivity contribution is 5.87. The lowest BCUT2D eigenvalue weighted by molar-refractivity contribution is -0.120. The third-order valence-corrected chi connectivity index (χ3v) is 5.78. The normalized spacial score (nSPS) is 16.8. The second-order valence-corrected chi connectivity index (χ2v) is 9.00. The number of hydrogen-bond donors (Lipinski definition) is 0. The zero-order chi connectivity index (χ0) is 21.3. The van der Waals surface area contributed by atoms with Gasteiger partial charge in [-0.1, -0.05) is 99.6 Å². The molecule has 4 rings (SSSR count). The minimum atomic E-state index is -0.358. The van der Waals surface area contributed by atoms with Gasteiger partial charge in [0.25, 0.3) is 0 Å². The number of rotatable bonds is 4. The summed E-state index contributed by atoms with van der Waals surface area (Å²) in [6, 6.07) is 26.7. The molecule has 1 heterocycles. The molecule has 152 valence electrons. The molecule has 0 N–H and O–H groups in total. The average Bonchev–Trinajstić information content (AvgIpc) is 2.74. The van der Waals surface area contributed by atoms with Crippen LogP contribution in [0.4, 0.5) is 0 Å². The molecule has 0 fully saturated rings. The maximum atomic E-state index is 12.8. The van der Waals surface area contributed by atoms with Crippen LogP contribution in [0, 0.1) is 0 Å². The second kappa shape index (κ2) is 7.95. The minimum absolute atomic E-state index is 0.0997. The summed E-state index contributed by atoms with van der Waals surface area (Å²) in [7, 11) is 0. The Labute approximate surface area is 179 Å². The highest BCUT2D eigenvalue weighted by atomic mass is 16.5. The Balaban J connectivity index is 1.77. The lowest BCUT2D eigenvalue weighted by Crippen LogP contribution is -2.23. The molecule has 0 bridgehead atoms. The largest absolute Gasteiger partial charge is 0.484 e. The molecule has 30 heavy (non-hydrogen) atoms. The summed E-state index contributed by atoms with van der Waals surface area (Å²) in [5.74, 6) is 0.552. The van der Waals surface area contributed by atoms with Crippen LogP contribution in [0.1, 0.15) is 67.5 Å². The van der Waals surface area contributed by atoms with Crippen LogP contribution in [0.2, 0.25) is 0 Å². The first-order chi connectivity index (χ1) is 14.3. The fourth-order valence-corrected chi connectivity index (χ4v) is 4.09. The van der Waals surface area contributed by atoms with Crippen LogP contribution in [0.15, 0.2) is 78.9 Å². The molecule has 3 aromatic carbocycles. The fraction of sp³-hybridized carbons (Fsp3) is 0.250. The summed E-state index contributed by atoms with van der Waals surface area (Å²) in [5.41, 5.74) is 5.54. The molecule has 0 amide bonds. The highest BCUT2D eigenvalue weighted by Gasteiger charge is 2.34. The molecule has 3 aromatic rings. The number of carbonyl (C=O) groups is 1. The van der Waals surface area contributed by atoms with E-state index in [-0.39, 0.29) is 23.2 Å². The van der Waals surface area contributed by atoms with Crippen molar-refractivity contribution in [3.63, 3.8) is 0 Å². The maximum Gasteiger partial charge on any atom is 0.141 e. The van der Waals surface area contributed by atoms with Crippen LogP contribution >= 0.6 is 0 Å². The standard InChI is InChI=1S/C28H28O2/c1-19(29)26(21-10-6-5-7-11-21)27-24-13-9-8-12-22(24)18-25(30-27)20-14-16-23(17-15-20)28(2,3)4/h5-18,26-27H,1-4H3. The second-order valence-electron chi connectivity index (χ2n) is 9.00. The first kappa shape index (κ1) is 20.2. The molecule has 2 unspecified atom stereocenters. The first-order valence-electron chi connectivity index (χ1n) is 10.5. The maximum absolute atomic E-state index is 12.8. The van der Waals surface area contributed by atoms with Crippen molar-refractivity contribution < 1.29 is 9.53 Å². The molecule has 2 atom stereocenters. The van der Waals surface area contributed by atoms with Crippen LogP contribution in [0.25, 0.3) is 11.8 Å². The van der Waals surface area contributed by atoms with Gasteiger partial charge in [-0.15, -0.1) is 0 Å². The Bertz CT molecular complexity index is 1070. The molecular formula is C28H28O2. The topological polar surface area (TPSA) is 26.3 Å². The van der Waals surface area contributed by atoms with Crippen molar-refractivity contribution >= 4 is 17.6 Å². The Kier molecular flexibility index (Phi) is 5.34. The molecule has 2 heteroatoms. The van der Waals surface area contributed by atoms with E-state index in [1.54, 1.807) is 6.92 Å². The lowest BCUT2D eigenvalue weighted by Gasteiger charge is -2.32. The van der Waals surface area contributed by atoms with Crippen molar-refractivity contribution in [2.75, 3.05) is 0 Å². The number of benzene rings is 3. The lowest BCUT2D eigenvalue weighted by atomic mass is 9.83. The summed E-state index contributed by atoms with van der Waals surface area (Å²) in [6.07, 6.45) is 1.73. The number of ether oxygens (including phenoxy) is 1. The van der Waals surface area contributed by atoms with Crippen molar-refractivity contribution in [2.45, 2.75) is 45.1 Å². The SMILES string of the molecule is CC(=O)C(c1ccccc1)C1OC(c2ccc(C(C)(C)C)cc2)=Cc2ccccc21. The first-order valence-corrected chi connectivity index (χ1v) is 10.5. The summed E-state index contributed by atoms with van der Waals surface area (Å²) < 4.78 is 6.54. The quantitative estimate of drug-likeness (QED) is 0.478. The Morgan fingerprint density at radius 1 is 0.867 bits per heavy atom. The number of ketones is 1. The Morgan fingerprint density at radius 3 is 2.13 bits per heavy atom. The van der Waals surface area contributed by atoms with Gasteiger partial charge < -0.3 is 4.74 Å². The monoisotopic (exact) mass is 396 g/mol. The van der Waals surface area contributed by atoms with E-state index in [1.807, 2.05) is 42.5 Å². The molecule has 0 aliphatic carbocycles. The summed E-state index contributed by atoms with van der Waals surface area (Å²) >= 11 is 0. The van der Waals surface area contributed by atoms with Crippen molar-refractivity contribution in [1.82, 2.24) is 0 Å². The van der Waals surface area contributed by atoms with Crippen LogP contribution in [0.3, 0.4) is 0 Å². The van der Waals surface area contributed by atoms with Gasteiger partial charge in [-0.05, 0) is 35.1 Å². The third-order valence-electron chi connectivity index (χ3n) is 5.78. The Hall–Kier alpha value is -3.13. The number of fused-ring (bicyclic) bond motifs is 1. The molecule has 2 nitrogen and oxygen atoms in total. The predicted molar refractivity (Wildman–Crippen MR) is 123 cm³/mol. The molecule has 0 spiro atoms. The average molecular weight is 397 g/mol. The predicted octanol–water partition coefficient (Wildman–Crippen LogP) is 6.93. The van der Waals surface area contributed by atoms with Gasteiger partial charge in [0.05, 0.1) is 5.92 Å². The van der Waals surface area contributed by atoms with Gasteiger partial charge in [-0.3, -0.25) is 4.79 Å². The van der Waals surface area contributed by atoms with E-state index >= 15 is 0 Å². The molecule has 1 aliphatic heterocycles. The van der Waals surface area contributed by atoms with Crippen LogP contribution in [0.5, 0.6) is 0 Å². The fourth-order valence-electron chi connectivity index (χ4n) is 4.09. The van der Waals surface area contributed by atoms with E-state index in [2.05, 4.69) is 63.2 Å². The van der Waals surface area contributed by atoms with E-state index in [1.165, 1.54) is 5.56 Å². The minimum Gasteiger partial charge on any atom is -0.484 e. The van der Waals surface area contributed by atoms with Gasteiger partial charge in [0.2, 0.25) is 0 Å². The van der Waals surface area contributed by atoms with E-state index < -0.39 is 0 Å².